The van der Waals surface area contributed by atoms with Gasteiger partial charge in [0.15, 0.2) is 0 Å². The van der Waals surface area contributed by atoms with E-state index in [0.717, 1.165) is 5.56 Å². The molecule has 0 spiro atoms. The second kappa shape index (κ2) is 5.39. The summed E-state index contributed by atoms with van der Waals surface area (Å²) in [5, 5.41) is 9.81. The van der Waals surface area contributed by atoms with Crippen LogP contribution in [-0.2, 0) is 0 Å². The van der Waals surface area contributed by atoms with Gasteiger partial charge in [-0.15, -0.1) is 0 Å². The Morgan fingerprint density at radius 1 is 1.00 bits per heavy atom. The molecule has 0 aromatic heterocycles. The van der Waals surface area contributed by atoms with Gasteiger partial charge in [0.1, 0.15) is 6.07 Å². The van der Waals surface area contributed by atoms with Gasteiger partial charge >= 0.3 is 0 Å². The average Bonchev–Trinajstić information content (AvgIpc) is 2.41. The number of nitrogens with two attached hydrogens (primary N) is 1. The van der Waals surface area contributed by atoms with E-state index in [1.165, 1.54) is 0 Å². The number of nitriles is 1. The predicted octanol–water partition coefficient (Wildman–Crippen LogP) is 3.69. The third kappa shape index (κ3) is 2.37. The van der Waals surface area contributed by atoms with Crippen molar-refractivity contribution in [2.75, 3.05) is 0 Å². The van der Waals surface area contributed by atoms with Crippen LogP contribution in [-0.4, -0.2) is 0 Å². The minimum absolute atomic E-state index is 0.398. The minimum Gasteiger partial charge on any atom is -0.397 e. The third-order valence-corrected chi connectivity index (χ3v) is 2.94. The zero-order chi connectivity index (χ0) is 13.0. The molecule has 0 fully saturated rings. The fourth-order valence-electron chi connectivity index (χ4n) is 1.70. The fourth-order valence-corrected chi connectivity index (χ4v) is 1.94. The van der Waals surface area contributed by atoms with E-state index in [-0.39, 0.29) is 0 Å². The number of halogens is 1. The summed E-state index contributed by atoms with van der Waals surface area (Å²) >= 11 is 6.08. The van der Waals surface area contributed by atoms with Gasteiger partial charge in [-0.3, -0.25) is 0 Å². The standard InChI is InChI=1S/C15H11ClN2/c16-14-9-5-4-8-12(14)15(18)13(10-17)11-6-2-1-3-7-11/h1-9H,18H2/b15-13-. The van der Waals surface area contributed by atoms with E-state index in [1.807, 2.05) is 42.5 Å². The highest BCUT2D eigenvalue weighted by atomic mass is 35.5. The van der Waals surface area contributed by atoms with E-state index in [9.17, 15) is 5.26 Å². The Bertz CT molecular complexity index is 624. The average molecular weight is 255 g/mol. The Labute approximate surface area is 111 Å². The molecule has 3 heteroatoms. The number of benzene rings is 2. The van der Waals surface area contributed by atoms with Crippen LogP contribution < -0.4 is 5.73 Å². The van der Waals surface area contributed by atoms with Crippen LogP contribution >= 0.6 is 11.6 Å². The van der Waals surface area contributed by atoms with Crippen LogP contribution in [0.4, 0.5) is 0 Å². The van der Waals surface area contributed by atoms with Crippen molar-refractivity contribution in [3.63, 3.8) is 0 Å². The monoisotopic (exact) mass is 254 g/mol. The maximum Gasteiger partial charge on any atom is 0.102 e. The van der Waals surface area contributed by atoms with Gasteiger partial charge < -0.3 is 5.73 Å². The molecule has 88 valence electrons. The fraction of sp³-hybridized carbons (Fsp3) is 0. The molecule has 0 heterocycles. The van der Waals surface area contributed by atoms with Crippen molar-refractivity contribution < 1.29 is 0 Å². The molecule has 0 unspecified atom stereocenters. The highest BCUT2D eigenvalue weighted by Crippen LogP contribution is 2.26. The van der Waals surface area contributed by atoms with Crippen molar-refractivity contribution >= 4 is 22.9 Å². The SMILES string of the molecule is N#C/C(=C(/N)c1ccccc1Cl)c1ccccc1. The first-order valence-corrected chi connectivity index (χ1v) is 5.82. The molecule has 0 bridgehead atoms. The van der Waals surface area contributed by atoms with Crippen molar-refractivity contribution in [3.8, 4) is 6.07 Å². The largest absolute Gasteiger partial charge is 0.397 e. The van der Waals surface area contributed by atoms with Crippen molar-refractivity contribution in [1.29, 1.82) is 5.26 Å². The van der Waals surface area contributed by atoms with Crippen LogP contribution in [0.25, 0.3) is 11.3 Å². The zero-order valence-electron chi connectivity index (χ0n) is 9.60. The molecule has 2 rings (SSSR count). The molecular formula is C15H11ClN2. The molecule has 18 heavy (non-hydrogen) atoms. The lowest BCUT2D eigenvalue weighted by Crippen LogP contribution is -2.01. The molecule has 0 aliphatic heterocycles. The van der Waals surface area contributed by atoms with Crippen molar-refractivity contribution in [1.82, 2.24) is 0 Å². The first kappa shape index (κ1) is 12.2. The molecule has 0 aliphatic rings. The summed E-state index contributed by atoms with van der Waals surface area (Å²) in [5.41, 5.74) is 8.36. The molecule has 2 aromatic carbocycles. The Hall–Kier alpha value is -2.24. The summed E-state index contributed by atoms with van der Waals surface area (Å²) < 4.78 is 0. The lowest BCUT2D eigenvalue weighted by Gasteiger charge is -2.07. The molecule has 0 saturated carbocycles. The molecule has 0 atom stereocenters. The molecule has 0 amide bonds. The maximum absolute atomic E-state index is 9.27. The van der Waals surface area contributed by atoms with Gasteiger partial charge in [-0.05, 0) is 11.6 Å². The highest BCUT2D eigenvalue weighted by molar-refractivity contribution is 6.32. The van der Waals surface area contributed by atoms with Crippen LogP contribution in [0.2, 0.25) is 5.02 Å². The first-order valence-electron chi connectivity index (χ1n) is 5.44. The Balaban J connectivity index is 2.59. The second-order valence-electron chi connectivity index (χ2n) is 3.75. The molecule has 2 nitrogen and oxygen atoms in total. The van der Waals surface area contributed by atoms with Gasteiger partial charge in [-0.2, -0.15) is 5.26 Å². The summed E-state index contributed by atoms with van der Waals surface area (Å²) in [6, 6.07) is 18.7. The zero-order valence-corrected chi connectivity index (χ0v) is 10.4. The lowest BCUT2D eigenvalue weighted by atomic mass is 10.0. The number of nitrogens with zero attached hydrogens (tertiary/aromatic N) is 1. The maximum atomic E-state index is 9.27. The van der Waals surface area contributed by atoms with E-state index < -0.39 is 0 Å². The van der Waals surface area contributed by atoms with E-state index in [2.05, 4.69) is 6.07 Å². The van der Waals surface area contributed by atoms with Gasteiger partial charge in [0.25, 0.3) is 0 Å². The molecular weight excluding hydrogens is 244 g/mol. The van der Waals surface area contributed by atoms with E-state index in [0.29, 0.717) is 21.9 Å². The van der Waals surface area contributed by atoms with Gasteiger partial charge in [-0.1, -0.05) is 60.1 Å². The van der Waals surface area contributed by atoms with Crippen molar-refractivity contribution in [2.45, 2.75) is 0 Å². The molecule has 2 aromatic rings. The molecule has 0 radical (unpaired) electrons. The predicted molar refractivity (Wildman–Crippen MR) is 74.5 cm³/mol. The quantitative estimate of drug-likeness (QED) is 0.656. The van der Waals surface area contributed by atoms with E-state index in [1.54, 1.807) is 12.1 Å². The van der Waals surface area contributed by atoms with Crippen LogP contribution in [0.3, 0.4) is 0 Å². The Morgan fingerprint density at radius 3 is 2.22 bits per heavy atom. The summed E-state index contributed by atoms with van der Waals surface area (Å²) in [4.78, 5) is 0. The Morgan fingerprint density at radius 2 is 1.61 bits per heavy atom. The number of hydrogen-bond acceptors (Lipinski definition) is 2. The normalized spacial score (nSPS) is 11.6. The van der Waals surface area contributed by atoms with Gasteiger partial charge in [0.2, 0.25) is 0 Å². The summed E-state index contributed by atoms with van der Waals surface area (Å²) in [6.45, 7) is 0. The highest BCUT2D eigenvalue weighted by Gasteiger charge is 2.10. The molecule has 2 N–H and O–H groups in total. The van der Waals surface area contributed by atoms with Gasteiger partial charge in [0.05, 0.1) is 11.3 Å². The first-order chi connectivity index (χ1) is 8.74. The lowest BCUT2D eigenvalue weighted by molar-refractivity contribution is 1.48. The van der Waals surface area contributed by atoms with Crippen molar-refractivity contribution in [3.05, 3.63) is 70.7 Å². The minimum atomic E-state index is 0.398. The van der Waals surface area contributed by atoms with E-state index >= 15 is 0 Å². The summed E-state index contributed by atoms with van der Waals surface area (Å²) in [7, 11) is 0. The third-order valence-electron chi connectivity index (χ3n) is 2.61. The second-order valence-corrected chi connectivity index (χ2v) is 4.15. The summed E-state index contributed by atoms with van der Waals surface area (Å²) in [5.74, 6) is 0. The van der Waals surface area contributed by atoms with Crippen LogP contribution in [0.1, 0.15) is 11.1 Å². The summed E-state index contributed by atoms with van der Waals surface area (Å²) in [6.07, 6.45) is 0. The number of rotatable bonds is 2. The van der Waals surface area contributed by atoms with Crippen molar-refractivity contribution in [2.24, 2.45) is 5.73 Å². The smallest absolute Gasteiger partial charge is 0.102 e. The number of allylic oxidation sites excluding steroid dienone is 1. The van der Waals surface area contributed by atoms with Crippen LogP contribution in [0.5, 0.6) is 0 Å². The van der Waals surface area contributed by atoms with E-state index in [4.69, 9.17) is 17.3 Å². The van der Waals surface area contributed by atoms with Crippen LogP contribution in [0.15, 0.2) is 54.6 Å². The van der Waals surface area contributed by atoms with Gasteiger partial charge in [-0.25, -0.2) is 0 Å². The van der Waals surface area contributed by atoms with Gasteiger partial charge in [0, 0.05) is 10.6 Å². The van der Waals surface area contributed by atoms with Crippen LogP contribution in [0, 0.1) is 11.3 Å². The number of hydrogen-bond donors (Lipinski definition) is 1. The topological polar surface area (TPSA) is 49.8 Å². The molecule has 0 aliphatic carbocycles. The Kier molecular flexibility index (Phi) is 3.66. The molecule has 0 saturated heterocycles.